The molecule has 4 aromatic carbocycles. The monoisotopic (exact) mass is 552 g/mol. The standard InChI is InChI=1S/C34H30F2N2O3/c1-41-27-9-5-8-22(16-27)28-11-10-23(19-37-33(39)31-18-30(31)21-6-3-2-4-7-21)32-20-38(13-12-29(28)32)34(40)24-14-25(35)17-26(36)15-24/h2-11,14-17,30-31H,12-13,18-20H2,1H3,(H,37,39)/t30-,31-/m1/s1. The highest BCUT2D eigenvalue weighted by atomic mass is 19.1. The van der Waals surface area contributed by atoms with Crippen LogP contribution in [0.3, 0.4) is 0 Å². The van der Waals surface area contributed by atoms with Gasteiger partial charge in [0.25, 0.3) is 5.91 Å². The average Bonchev–Trinajstić information content (AvgIpc) is 3.80. The highest BCUT2D eigenvalue weighted by Gasteiger charge is 2.43. The van der Waals surface area contributed by atoms with E-state index in [0.29, 0.717) is 19.5 Å². The van der Waals surface area contributed by atoms with E-state index < -0.39 is 17.5 Å². The van der Waals surface area contributed by atoms with Crippen LogP contribution in [0.25, 0.3) is 11.1 Å². The Kier molecular flexibility index (Phi) is 7.26. The molecular formula is C34H30F2N2O3. The lowest BCUT2D eigenvalue weighted by Gasteiger charge is -2.32. The van der Waals surface area contributed by atoms with Crippen LogP contribution in [0.1, 0.15) is 45.0 Å². The van der Waals surface area contributed by atoms with E-state index in [1.165, 1.54) is 5.56 Å². The second-order valence-electron chi connectivity index (χ2n) is 10.7. The molecule has 208 valence electrons. The van der Waals surface area contributed by atoms with Crippen LogP contribution in [0.4, 0.5) is 8.78 Å². The summed E-state index contributed by atoms with van der Waals surface area (Å²) < 4.78 is 33.2. The largest absolute Gasteiger partial charge is 0.497 e. The third-order valence-electron chi connectivity index (χ3n) is 8.09. The number of fused-ring (bicyclic) bond motifs is 1. The van der Waals surface area contributed by atoms with Gasteiger partial charge < -0.3 is 15.0 Å². The molecule has 4 aromatic rings. The van der Waals surface area contributed by atoms with E-state index in [0.717, 1.165) is 58.2 Å². The minimum Gasteiger partial charge on any atom is -0.497 e. The predicted molar refractivity (Wildman–Crippen MR) is 152 cm³/mol. The number of hydrogen-bond acceptors (Lipinski definition) is 3. The van der Waals surface area contributed by atoms with Crippen LogP contribution in [0.2, 0.25) is 0 Å². The topological polar surface area (TPSA) is 58.6 Å². The first-order chi connectivity index (χ1) is 19.9. The Morgan fingerprint density at radius 2 is 1.71 bits per heavy atom. The number of nitrogens with zero attached hydrogens (tertiary/aromatic N) is 1. The molecule has 0 aromatic heterocycles. The van der Waals surface area contributed by atoms with Gasteiger partial charge in [0.2, 0.25) is 5.91 Å². The summed E-state index contributed by atoms with van der Waals surface area (Å²) in [5.41, 5.74) is 6.13. The van der Waals surface area contributed by atoms with E-state index in [9.17, 15) is 18.4 Å². The number of nitrogens with one attached hydrogen (secondary N) is 1. The number of carbonyl (C=O) groups is 2. The maximum Gasteiger partial charge on any atom is 0.254 e. The van der Waals surface area contributed by atoms with Gasteiger partial charge in [0.15, 0.2) is 0 Å². The molecule has 0 bridgehead atoms. The van der Waals surface area contributed by atoms with Crippen LogP contribution in [0.5, 0.6) is 5.75 Å². The Morgan fingerprint density at radius 1 is 0.927 bits per heavy atom. The van der Waals surface area contributed by atoms with Crippen LogP contribution >= 0.6 is 0 Å². The van der Waals surface area contributed by atoms with Crippen molar-refractivity contribution >= 4 is 11.8 Å². The molecule has 2 aliphatic rings. The number of amides is 2. The molecule has 1 aliphatic heterocycles. The van der Waals surface area contributed by atoms with Crippen molar-refractivity contribution in [1.29, 1.82) is 0 Å². The summed E-state index contributed by atoms with van der Waals surface area (Å²) in [5, 5.41) is 3.12. The molecule has 5 nitrogen and oxygen atoms in total. The zero-order chi connectivity index (χ0) is 28.5. The number of halogens is 2. The van der Waals surface area contributed by atoms with Crippen LogP contribution in [-0.4, -0.2) is 30.4 Å². The van der Waals surface area contributed by atoms with Gasteiger partial charge in [0, 0.05) is 37.2 Å². The molecule has 7 heteroatoms. The molecule has 1 fully saturated rings. The molecule has 0 spiro atoms. The first-order valence-electron chi connectivity index (χ1n) is 13.8. The summed E-state index contributed by atoms with van der Waals surface area (Å²) in [6, 6.07) is 24.8. The molecular weight excluding hydrogens is 522 g/mol. The number of carbonyl (C=O) groups excluding carboxylic acids is 2. The quantitative estimate of drug-likeness (QED) is 0.295. The summed E-state index contributed by atoms with van der Waals surface area (Å²) in [7, 11) is 1.63. The van der Waals surface area contributed by atoms with Gasteiger partial charge in [-0.15, -0.1) is 0 Å². The molecule has 2 atom stereocenters. The van der Waals surface area contributed by atoms with Gasteiger partial charge in [0.1, 0.15) is 17.4 Å². The third kappa shape index (κ3) is 5.57. The summed E-state index contributed by atoms with van der Waals surface area (Å²) >= 11 is 0. The van der Waals surface area contributed by atoms with Crippen molar-refractivity contribution < 1.29 is 23.1 Å². The molecule has 1 saturated carbocycles. The first-order valence-corrected chi connectivity index (χ1v) is 13.8. The zero-order valence-electron chi connectivity index (χ0n) is 22.7. The summed E-state index contributed by atoms with van der Waals surface area (Å²) in [4.78, 5) is 28.0. The zero-order valence-corrected chi connectivity index (χ0v) is 22.7. The molecule has 0 saturated heterocycles. The molecule has 1 heterocycles. The Hall–Kier alpha value is -4.52. The van der Waals surface area contributed by atoms with Crippen molar-refractivity contribution in [3.63, 3.8) is 0 Å². The molecule has 6 rings (SSSR count). The van der Waals surface area contributed by atoms with Crippen LogP contribution in [0, 0.1) is 17.6 Å². The average molecular weight is 553 g/mol. The highest BCUT2D eigenvalue weighted by Crippen LogP contribution is 2.47. The van der Waals surface area contributed by atoms with Crippen molar-refractivity contribution in [2.45, 2.75) is 31.8 Å². The second-order valence-corrected chi connectivity index (χ2v) is 10.7. The summed E-state index contributed by atoms with van der Waals surface area (Å²) in [5.74, 6) is -1.06. The fourth-order valence-corrected chi connectivity index (χ4v) is 5.87. The van der Waals surface area contributed by atoms with Gasteiger partial charge >= 0.3 is 0 Å². The number of benzene rings is 4. The maximum atomic E-state index is 13.9. The molecule has 0 unspecified atom stereocenters. The van der Waals surface area contributed by atoms with Gasteiger partial charge in [0.05, 0.1) is 7.11 Å². The number of ether oxygens (including phenoxy) is 1. The molecule has 1 N–H and O–H groups in total. The molecule has 0 radical (unpaired) electrons. The lowest BCUT2D eigenvalue weighted by Crippen LogP contribution is -2.37. The minimum absolute atomic E-state index is 0.0171. The van der Waals surface area contributed by atoms with E-state index in [2.05, 4.69) is 23.5 Å². The fraction of sp³-hybridized carbons (Fsp3) is 0.235. The van der Waals surface area contributed by atoms with E-state index in [1.807, 2.05) is 48.5 Å². The van der Waals surface area contributed by atoms with Gasteiger partial charge in [-0.2, -0.15) is 0 Å². The predicted octanol–water partition coefficient (Wildman–Crippen LogP) is 6.26. The third-order valence-corrected chi connectivity index (χ3v) is 8.09. The van der Waals surface area contributed by atoms with Crippen molar-refractivity contribution in [3.05, 3.63) is 124 Å². The molecule has 2 amide bonds. The van der Waals surface area contributed by atoms with Crippen molar-refractivity contribution in [2.75, 3.05) is 13.7 Å². The van der Waals surface area contributed by atoms with Gasteiger partial charge in [-0.25, -0.2) is 8.78 Å². The SMILES string of the molecule is COc1cccc(-c2ccc(CNC(=O)[C@@H]3C[C@@H]3c3ccccc3)c3c2CCN(C(=O)c2cc(F)cc(F)c2)C3)c1. The van der Waals surface area contributed by atoms with Crippen LogP contribution < -0.4 is 10.1 Å². The second kappa shape index (κ2) is 11.2. The Balaban J connectivity index is 1.27. The number of hydrogen-bond donors (Lipinski definition) is 1. The lowest BCUT2D eigenvalue weighted by molar-refractivity contribution is -0.122. The van der Waals surface area contributed by atoms with Crippen LogP contribution in [-0.2, 0) is 24.3 Å². The van der Waals surface area contributed by atoms with Gasteiger partial charge in [-0.3, -0.25) is 9.59 Å². The van der Waals surface area contributed by atoms with Crippen molar-refractivity contribution in [3.8, 4) is 16.9 Å². The van der Waals surface area contributed by atoms with Gasteiger partial charge in [-0.1, -0.05) is 54.6 Å². The maximum absolute atomic E-state index is 13.9. The Labute approximate surface area is 237 Å². The van der Waals surface area contributed by atoms with E-state index >= 15 is 0 Å². The normalized spacial score (nSPS) is 17.5. The van der Waals surface area contributed by atoms with Crippen molar-refractivity contribution in [1.82, 2.24) is 10.2 Å². The smallest absolute Gasteiger partial charge is 0.254 e. The summed E-state index contributed by atoms with van der Waals surface area (Å²) in [6.07, 6.45) is 1.39. The summed E-state index contributed by atoms with van der Waals surface area (Å²) in [6.45, 7) is 0.997. The first kappa shape index (κ1) is 26.7. The number of rotatable bonds is 7. The number of methoxy groups -OCH3 is 1. The van der Waals surface area contributed by atoms with Crippen molar-refractivity contribution in [2.24, 2.45) is 5.92 Å². The Morgan fingerprint density at radius 3 is 2.46 bits per heavy atom. The van der Waals surface area contributed by atoms with E-state index in [-0.39, 0.29) is 29.9 Å². The van der Waals surface area contributed by atoms with Crippen LogP contribution in [0.15, 0.2) is 84.9 Å². The van der Waals surface area contributed by atoms with E-state index in [1.54, 1.807) is 12.0 Å². The lowest BCUT2D eigenvalue weighted by atomic mass is 9.87. The Bertz CT molecular complexity index is 1600. The fourth-order valence-electron chi connectivity index (χ4n) is 5.87. The van der Waals surface area contributed by atoms with E-state index in [4.69, 9.17) is 4.74 Å². The minimum atomic E-state index is -0.789. The van der Waals surface area contributed by atoms with Gasteiger partial charge in [-0.05, 0) is 76.4 Å². The highest BCUT2D eigenvalue weighted by molar-refractivity contribution is 5.94. The molecule has 1 aliphatic carbocycles. The molecule has 41 heavy (non-hydrogen) atoms.